The van der Waals surface area contributed by atoms with Gasteiger partial charge in [-0.15, -0.1) is 11.3 Å². The first kappa shape index (κ1) is 18.9. The van der Waals surface area contributed by atoms with Crippen molar-refractivity contribution < 1.29 is 9.72 Å². The van der Waals surface area contributed by atoms with E-state index < -0.39 is 10.8 Å². The summed E-state index contributed by atoms with van der Waals surface area (Å²) >= 11 is 2.83. The van der Waals surface area contributed by atoms with Crippen molar-refractivity contribution in [2.75, 3.05) is 5.01 Å². The number of aromatic nitrogens is 1. The smallest absolute Gasteiger partial charge is 0.267 e. The Bertz CT molecular complexity index is 1230. The van der Waals surface area contributed by atoms with Crippen LogP contribution in [0.1, 0.15) is 20.8 Å². The molecule has 0 saturated carbocycles. The van der Waals surface area contributed by atoms with Gasteiger partial charge < -0.3 is 0 Å². The van der Waals surface area contributed by atoms with Crippen molar-refractivity contribution >= 4 is 55.8 Å². The van der Waals surface area contributed by atoms with Crippen molar-refractivity contribution in [2.24, 2.45) is 5.10 Å². The molecular formula is C20H14N4O3S2. The largest absolute Gasteiger partial charge is 0.281 e. The predicted octanol–water partition coefficient (Wildman–Crippen LogP) is 5.26. The molecule has 2 aromatic heterocycles. The number of hydrogen-bond acceptors (Lipinski definition) is 7. The fraction of sp³-hybridized carbons (Fsp3) is 0.0500. The SMILES string of the molecule is Cc1ccc2nc(N(/N=C/c3cccs3)C(=O)c3cccc([N+](=O)[O-])c3)sc2c1. The van der Waals surface area contributed by atoms with E-state index in [0.29, 0.717) is 5.13 Å². The number of thiazole rings is 1. The molecule has 0 saturated heterocycles. The topological polar surface area (TPSA) is 88.7 Å². The van der Waals surface area contributed by atoms with Crippen LogP contribution in [0.15, 0.2) is 65.1 Å². The van der Waals surface area contributed by atoms with Crippen molar-refractivity contribution in [3.8, 4) is 0 Å². The van der Waals surface area contributed by atoms with Crippen LogP contribution in [-0.4, -0.2) is 22.0 Å². The minimum Gasteiger partial charge on any atom is -0.267 e. The van der Waals surface area contributed by atoms with Crippen molar-refractivity contribution in [3.05, 3.63) is 86.1 Å². The van der Waals surface area contributed by atoms with E-state index in [1.54, 1.807) is 6.21 Å². The number of non-ortho nitro benzene ring substituents is 1. The number of fused-ring (bicyclic) bond motifs is 1. The zero-order valence-electron chi connectivity index (χ0n) is 15.2. The van der Waals surface area contributed by atoms with Gasteiger partial charge in [0.15, 0.2) is 0 Å². The third-order valence-electron chi connectivity index (χ3n) is 4.05. The molecule has 7 nitrogen and oxygen atoms in total. The summed E-state index contributed by atoms with van der Waals surface area (Å²) in [6.07, 6.45) is 1.58. The molecule has 0 atom stereocenters. The van der Waals surface area contributed by atoms with Crippen LogP contribution in [0.4, 0.5) is 10.8 Å². The van der Waals surface area contributed by atoms with E-state index in [0.717, 1.165) is 20.7 Å². The van der Waals surface area contributed by atoms with Crippen LogP contribution in [0.2, 0.25) is 0 Å². The summed E-state index contributed by atoms with van der Waals surface area (Å²) in [6.45, 7) is 1.99. The number of rotatable bonds is 5. The first-order chi connectivity index (χ1) is 14.0. The van der Waals surface area contributed by atoms with Gasteiger partial charge in [-0.25, -0.2) is 4.98 Å². The highest BCUT2D eigenvalue weighted by Crippen LogP contribution is 2.31. The molecule has 0 N–H and O–H groups in total. The second-order valence-electron chi connectivity index (χ2n) is 6.15. The van der Waals surface area contributed by atoms with Crippen LogP contribution in [0.25, 0.3) is 10.2 Å². The van der Waals surface area contributed by atoms with E-state index in [4.69, 9.17) is 0 Å². The first-order valence-electron chi connectivity index (χ1n) is 8.55. The third kappa shape index (κ3) is 4.05. The monoisotopic (exact) mass is 422 g/mol. The Morgan fingerprint density at radius 3 is 2.83 bits per heavy atom. The van der Waals surface area contributed by atoms with E-state index in [9.17, 15) is 14.9 Å². The zero-order chi connectivity index (χ0) is 20.4. The number of hydrogen-bond donors (Lipinski definition) is 0. The van der Waals surface area contributed by atoms with Crippen LogP contribution in [-0.2, 0) is 0 Å². The molecule has 2 aromatic carbocycles. The highest BCUT2D eigenvalue weighted by molar-refractivity contribution is 7.22. The van der Waals surface area contributed by atoms with Gasteiger partial charge >= 0.3 is 0 Å². The minimum atomic E-state index is -0.531. The number of nitro groups is 1. The van der Waals surface area contributed by atoms with E-state index in [-0.39, 0.29) is 11.3 Å². The van der Waals surface area contributed by atoms with Gasteiger partial charge in [-0.3, -0.25) is 14.9 Å². The van der Waals surface area contributed by atoms with Gasteiger partial charge in [0, 0.05) is 22.6 Å². The maximum absolute atomic E-state index is 13.2. The number of anilines is 1. The lowest BCUT2D eigenvalue weighted by Crippen LogP contribution is -2.25. The van der Waals surface area contributed by atoms with Crippen molar-refractivity contribution in [3.63, 3.8) is 0 Å². The highest BCUT2D eigenvalue weighted by atomic mass is 32.1. The molecule has 0 aliphatic rings. The number of amides is 1. The summed E-state index contributed by atoms with van der Waals surface area (Å²) in [5.41, 5.74) is 1.86. The van der Waals surface area contributed by atoms with Crippen molar-refractivity contribution in [1.29, 1.82) is 0 Å². The number of carbonyl (C=O) groups excluding carboxylic acids is 1. The summed E-state index contributed by atoms with van der Waals surface area (Å²) in [5, 5.41) is 18.9. The molecule has 0 fully saturated rings. The Kier molecular flexibility index (Phi) is 5.15. The lowest BCUT2D eigenvalue weighted by Gasteiger charge is -2.13. The quantitative estimate of drug-likeness (QED) is 0.249. The number of hydrazone groups is 1. The molecule has 0 spiro atoms. The second kappa shape index (κ2) is 7.90. The molecule has 0 unspecified atom stereocenters. The van der Waals surface area contributed by atoms with Gasteiger partial charge in [0.2, 0.25) is 5.13 Å². The van der Waals surface area contributed by atoms with E-state index >= 15 is 0 Å². The molecule has 0 aliphatic carbocycles. The Morgan fingerprint density at radius 1 is 1.21 bits per heavy atom. The molecule has 4 rings (SSSR count). The minimum absolute atomic E-state index is 0.155. The number of nitro benzene ring substituents is 1. The molecule has 0 radical (unpaired) electrons. The summed E-state index contributed by atoms with van der Waals surface area (Å²) in [5.74, 6) is -0.489. The number of thiophene rings is 1. The fourth-order valence-electron chi connectivity index (χ4n) is 2.65. The summed E-state index contributed by atoms with van der Waals surface area (Å²) < 4.78 is 0.933. The van der Waals surface area contributed by atoms with Crippen LogP contribution in [0, 0.1) is 17.0 Å². The Morgan fingerprint density at radius 2 is 2.07 bits per heavy atom. The third-order valence-corrected chi connectivity index (χ3v) is 5.85. The number of benzene rings is 2. The fourth-order valence-corrected chi connectivity index (χ4v) is 4.25. The summed E-state index contributed by atoms with van der Waals surface area (Å²) in [6, 6.07) is 15.2. The Balaban J connectivity index is 1.77. The van der Waals surface area contributed by atoms with Gasteiger partial charge in [-0.2, -0.15) is 10.1 Å². The molecule has 0 aliphatic heterocycles. The number of carbonyl (C=O) groups is 1. The van der Waals surface area contributed by atoms with E-state index in [1.807, 2.05) is 42.6 Å². The van der Waals surface area contributed by atoms with E-state index in [1.165, 1.54) is 51.9 Å². The molecule has 2 heterocycles. The van der Waals surface area contributed by atoms with Gasteiger partial charge in [0.25, 0.3) is 11.6 Å². The molecule has 29 heavy (non-hydrogen) atoms. The Hall–Kier alpha value is -3.43. The average molecular weight is 422 g/mol. The maximum atomic E-state index is 13.2. The summed E-state index contributed by atoms with van der Waals surface area (Å²) in [7, 11) is 0. The number of nitrogens with zero attached hydrogens (tertiary/aromatic N) is 4. The predicted molar refractivity (Wildman–Crippen MR) is 116 cm³/mol. The van der Waals surface area contributed by atoms with Gasteiger partial charge in [-0.05, 0) is 42.1 Å². The van der Waals surface area contributed by atoms with Crippen molar-refractivity contribution in [2.45, 2.75) is 6.92 Å². The van der Waals surface area contributed by atoms with Crippen LogP contribution in [0.5, 0.6) is 0 Å². The van der Waals surface area contributed by atoms with Gasteiger partial charge in [0.05, 0.1) is 21.4 Å². The zero-order valence-corrected chi connectivity index (χ0v) is 16.8. The highest BCUT2D eigenvalue weighted by Gasteiger charge is 2.22. The van der Waals surface area contributed by atoms with E-state index in [2.05, 4.69) is 10.1 Å². The lowest BCUT2D eigenvalue weighted by molar-refractivity contribution is -0.384. The Labute approximate surface area is 173 Å². The lowest BCUT2D eigenvalue weighted by atomic mass is 10.2. The van der Waals surface area contributed by atoms with Crippen LogP contribution < -0.4 is 5.01 Å². The van der Waals surface area contributed by atoms with Gasteiger partial charge in [0.1, 0.15) is 0 Å². The molecule has 1 amide bonds. The van der Waals surface area contributed by atoms with Crippen molar-refractivity contribution in [1.82, 2.24) is 4.98 Å². The number of aryl methyl sites for hydroxylation is 1. The molecule has 9 heteroatoms. The maximum Gasteiger partial charge on any atom is 0.281 e. The standard InChI is InChI=1S/C20H14N4O3S2/c1-13-7-8-17-18(10-13)29-20(22-17)23(21-12-16-6-3-9-28-16)19(25)14-4-2-5-15(11-14)24(26)27/h2-12H,1H3/b21-12+. The molecule has 4 aromatic rings. The van der Waals surface area contributed by atoms with Crippen LogP contribution >= 0.6 is 22.7 Å². The van der Waals surface area contributed by atoms with Crippen LogP contribution in [0.3, 0.4) is 0 Å². The average Bonchev–Trinajstić information content (AvgIpc) is 3.37. The normalized spacial score (nSPS) is 11.2. The molecule has 0 bridgehead atoms. The summed E-state index contributed by atoms with van der Waals surface area (Å²) in [4.78, 5) is 29.2. The molecule has 144 valence electrons. The second-order valence-corrected chi connectivity index (χ2v) is 8.14. The first-order valence-corrected chi connectivity index (χ1v) is 10.2. The van der Waals surface area contributed by atoms with Gasteiger partial charge in [-0.1, -0.05) is 29.5 Å². The molecular weight excluding hydrogens is 408 g/mol.